The van der Waals surface area contributed by atoms with Gasteiger partial charge in [-0.1, -0.05) is 12.0 Å². The van der Waals surface area contributed by atoms with Gasteiger partial charge in [-0.25, -0.2) is 9.82 Å². The van der Waals surface area contributed by atoms with Gasteiger partial charge >= 0.3 is 0 Å². The van der Waals surface area contributed by atoms with Gasteiger partial charge in [0.2, 0.25) is 0 Å². The van der Waals surface area contributed by atoms with Crippen molar-refractivity contribution in [2.75, 3.05) is 0 Å². The van der Waals surface area contributed by atoms with Crippen LogP contribution in [-0.4, -0.2) is 0 Å². The summed E-state index contributed by atoms with van der Waals surface area (Å²) in [6, 6.07) is 4.02. The van der Waals surface area contributed by atoms with Gasteiger partial charge in [-0.2, -0.15) is 0 Å². The maximum absolute atomic E-state index is 12.8. The van der Waals surface area contributed by atoms with Crippen LogP contribution in [0.5, 0.6) is 0 Å². The Morgan fingerprint density at radius 1 is 1.62 bits per heavy atom. The number of hydrogen-bond donors (Lipinski definition) is 2. The first-order chi connectivity index (χ1) is 6.19. The largest absolute Gasteiger partial charge is 0.270 e. The molecule has 0 bridgehead atoms. The number of terminal acetylenes is 1. The fraction of sp³-hybridized carbons (Fsp3) is 0.200. The van der Waals surface area contributed by atoms with Crippen LogP contribution in [-0.2, 0) is 0 Å². The molecule has 1 unspecified atom stereocenters. The Kier molecular flexibility index (Phi) is 3.02. The zero-order valence-corrected chi connectivity index (χ0v) is 7.34. The van der Waals surface area contributed by atoms with Crippen molar-refractivity contribution in [3.8, 4) is 12.3 Å². The molecule has 68 valence electrons. The average Bonchev–Trinajstić information content (AvgIpc) is 2.13. The van der Waals surface area contributed by atoms with Crippen molar-refractivity contribution < 1.29 is 4.39 Å². The third kappa shape index (κ3) is 2.05. The molecule has 0 saturated carbocycles. The second kappa shape index (κ2) is 4.04. The van der Waals surface area contributed by atoms with Crippen molar-refractivity contribution in [1.29, 1.82) is 0 Å². The Labute approximate surface area is 76.9 Å². The van der Waals surface area contributed by atoms with Crippen LogP contribution < -0.4 is 11.3 Å². The standard InChI is InChI=1S/C10H11FN2/c1-3-10(13-12)9-6-8(11)5-4-7(9)2/h1,4-6,10,13H,12H2,2H3. The maximum atomic E-state index is 12.8. The van der Waals surface area contributed by atoms with Gasteiger partial charge in [-0.05, 0) is 30.2 Å². The van der Waals surface area contributed by atoms with E-state index in [-0.39, 0.29) is 5.82 Å². The van der Waals surface area contributed by atoms with E-state index in [9.17, 15) is 4.39 Å². The fourth-order valence-electron chi connectivity index (χ4n) is 1.15. The third-order valence-corrected chi connectivity index (χ3v) is 1.89. The topological polar surface area (TPSA) is 38.0 Å². The molecule has 0 radical (unpaired) electrons. The molecule has 0 amide bonds. The molecule has 13 heavy (non-hydrogen) atoms. The first-order valence-electron chi connectivity index (χ1n) is 3.87. The highest BCUT2D eigenvalue weighted by Crippen LogP contribution is 2.17. The first-order valence-corrected chi connectivity index (χ1v) is 3.87. The minimum atomic E-state index is -0.435. The Balaban J connectivity index is 3.13. The average molecular weight is 178 g/mol. The molecule has 1 aromatic rings. The summed E-state index contributed by atoms with van der Waals surface area (Å²) in [6.45, 7) is 1.86. The molecule has 3 N–H and O–H groups in total. The zero-order chi connectivity index (χ0) is 9.84. The molecule has 0 saturated heterocycles. The quantitative estimate of drug-likeness (QED) is 0.406. The number of hydrogen-bond acceptors (Lipinski definition) is 2. The number of benzene rings is 1. The summed E-state index contributed by atoms with van der Waals surface area (Å²) in [6.07, 6.45) is 5.22. The van der Waals surface area contributed by atoms with Gasteiger partial charge < -0.3 is 0 Å². The van der Waals surface area contributed by atoms with Crippen LogP contribution in [0.3, 0.4) is 0 Å². The monoisotopic (exact) mass is 178 g/mol. The van der Waals surface area contributed by atoms with Crippen LogP contribution in [0, 0.1) is 25.1 Å². The molecule has 0 aliphatic heterocycles. The Bertz CT molecular complexity index is 341. The Morgan fingerprint density at radius 2 is 2.31 bits per heavy atom. The number of rotatable bonds is 2. The smallest absolute Gasteiger partial charge is 0.123 e. The van der Waals surface area contributed by atoms with E-state index >= 15 is 0 Å². The van der Waals surface area contributed by atoms with Crippen molar-refractivity contribution in [2.45, 2.75) is 13.0 Å². The van der Waals surface area contributed by atoms with E-state index in [2.05, 4.69) is 11.3 Å². The van der Waals surface area contributed by atoms with E-state index in [0.29, 0.717) is 5.56 Å². The molecule has 0 heterocycles. The second-order valence-corrected chi connectivity index (χ2v) is 2.77. The zero-order valence-electron chi connectivity index (χ0n) is 7.34. The summed E-state index contributed by atoms with van der Waals surface area (Å²) >= 11 is 0. The van der Waals surface area contributed by atoms with Crippen LogP contribution in [0.25, 0.3) is 0 Å². The lowest BCUT2D eigenvalue weighted by Gasteiger charge is -2.12. The van der Waals surface area contributed by atoms with Crippen molar-refractivity contribution in [3.05, 3.63) is 35.1 Å². The minimum absolute atomic E-state index is 0.309. The van der Waals surface area contributed by atoms with Gasteiger partial charge in [-0.15, -0.1) is 6.42 Å². The predicted molar refractivity (Wildman–Crippen MR) is 50.0 cm³/mol. The summed E-state index contributed by atoms with van der Waals surface area (Å²) in [7, 11) is 0. The van der Waals surface area contributed by atoms with Gasteiger partial charge in [0.25, 0.3) is 0 Å². The van der Waals surface area contributed by atoms with Gasteiger partial charge in [0.05, 0.1) is 0 Å². The predicted octanol–water partition coefficient (Wildman–Crippen LogP) is 1.27. The summed E-state index contributed by atoms with van der Waals surface area (Å²) < 4.78 is 12.8. The molecule has 2 nitrogen and oxygen atoms in total. The molecular formula is C10H11FN2. The van der Waals surface area contributed by atoms with Crippen LogP contribution in [0.1, 0.15) is 17.2 Å². The lowest BCUT2D eigenvalue weighted by atomic mass is 10.0. The van der Waals surface area contributed by atoms with Gasteiger partial charge in [0.1, 0.15) is 11.9 Å². The highest BCUT2D eigenvalue weighted by Gasteiger charge is 2.09. The molecule has 1 aromatic carbocycles. The molecule has 0 aliphatic rings. The Hall–Kier alpha value is -1.37. The molecule has 1 atom stereocenters. The number of halogens is 1. The van der Waals surface area contributed by atoms with E-state index in [1.165, 1.54) is 12.1 Å². The summed E-state index contributed by atoms with van der Waals surface area (Å²) in [5.74, 6) is 7.34. The SMILES string of the molecule is C#CC(NN)c1cc(F)ccc1C. The highest BCUT2D eigenvalue weighted by atomic mass is 19.1. The first kappa shape index (κ1) is 9.72. The maximum Gasteiger partial charge on any atom is 0.123 e. The number of nitrogens with two attached hydrogens (primary N) is 1. The summed E-state index contributed by atoms with van der Waals surface area (Å²) in [4.78, 5) is 0. The molecule has 0 fully saturated rings. The number of nitrogens with one attached hydrogen (secondary N) is 1. The lowest BCUT2D eigenvalue weighted by Crippen LogP contribution is -2.27. The lowest BCUT2D eigenvalue weighted by molar-refractivity contribution is 0.613. The molecule has 1 rings (SSSR count). The van der Waals surface area contributed by atoms with E-state index in [1.54, 1.807) is 6.07 Å². The van der Waals surface area contributed by atoms with E-state index in [4.69, 9.17) is 12.3 Å². The molecule has 0 aromatic heterocycles. The highest BCUT2D eigenvalue weighted by molar-refractivity contribution is 5.33. The van der Waals surface area contributed by atoms with Gasteiger partial charge in [-0.3, -0.25) is 5.84 Å². The summed E-state index contributed by atoms with van der Waals surface area (Å²) in [5.41, 5.74) is 4.05. The van der Waals surface area contributed by atoms with E-state index < -0.39 is 6.04 Å². The van der Waals surface area contributed by atoms with Crippen LogP contribution in [0.4, 0.5) is 4.39 Å². The van der Waals surface area contributed by atoms with Crippen LogP contribution in [0.2, 0.25) is 0 Å². The van der Waals surface area contributed by atoms with Crippen molar-refractivity contribution in [3.63, 3.8) is 0 Å². The fourth-order valence-corrected chi connectivity index (χ4v) is 1.15. The van der Waals surface area contributed by atoms with E-state index in [0.717, 1.165) is 5.56 Å². The Morgan fingerprint density at radius 3 is 2.85 bits per heavy atom. The van der Waals surface area contributed by atoms with Crippen LogP contribution in [0.15, 0.2) is 18.2 Å². The molecular weight excluding hydrogens is 167 g/mol. The molecule has 0 aliphatic carbocycles. The second-order valence-electron chi connectivity index (χ2n) is 2.77. The van der Waals surface area contributed by atoms with Gasteiger partial charge in [0.15, 0.2) is 0 Å². The van der Waals surface area contributed by atoms with Gasteiger partial charge in [0, 0.05) is 0 Å². The van der Waals surface area contributed by atoms with Crippen LogP contribution >= 0.6 is 0 Å². The van der Waals surface area contributed by atoms with Crippen molar-refractivity contribution in [2.24, 2.45) is 5.84 Å². The normalized spacial score (nSPS) is 12.2. The summed E-state index contributed by atoms with van der Waals surface area (Å²) in [5, 5.41) is 0. The van der Waals surface area contributed by atoms with Crippen molar-refractivity contribution >= 4 is 0 Å². The minimum Gasteiger partial charge on any atom is -0.270 e. The molecule has 0 spiro atoms. The van der Waals surface area contributed by atoms with E-state index in [1.807, 2.05) is 6.92 Å². The number of aryl methyl sites for hydroxylation is 1. The van der Waals surface area contributed by atoms with Crippen molar-refractivity contribution in [1.82, 2.24) is 5.43 Å². The third-order valence-electron chi connectivity index (χ3n) is 1.89. The number of hydrazine groups is 1. The molecule has 3 heteroatoms.